The van der Waals surface area contributed by atoms with Crippen molar-refractivity contribution >= 4 is 5.82 Å². The van der Waals surface area contributed by atoms with E-state index in [1.165, 1.54) is 25.4 Å². The standard InChI is InChI=1S/C12H10F3N3O/c1-19-11-10(16)17-6-9(18-11)7-2-4-8(5-3-7)12(13,14)15/h2-6H,1H3,(H2,16,17). The van der Waals surface area contributed by atoms with Gasteiger partial charge in [-0.2, -0.15) is 13.2 Å². The molecule has 0 spiro atoms. The zero-order valence-electron chi connectivity index (χ0n) is 9.90. The number of methoxy groups -OCH3 is 1. The third kappa shape index (κ3) is 2.75. The van der Waals surface area contributed by atoms with Crippen molar-refractivity contribution in [3.8, 4) is 17.1 Å². The molecule has 0 aliphatic rings. The van der Waals surface area contributed by atoms with Gasteiger partial charge in [0.2, 0.25) is 0 Å². The van der Waals surface area contributed by atoms with Crippen LogP contribution in [0.5, 0.6) is 5.88 Å². The van der Waals surface area contributed by atoms with Crippen LogP contribution in [0.1, 0.15) is 5.56 Å². The van der Waals surface area contributed by atoms with Crippen molar-refractivity contribution in [2.45, 2.75) is 6.18 Å². The second-order valence-electron chi connectivity index (χ2n) is 3.72. The number of aromatic nitrogens is 2. The number of hydrogen-bond donors (Lipinski definition) is 1. The summed E-state index contributed by atoms with van der Waals surface area (Å²) in [6.07, 6.45) is -2.98. The van der Waals surface area contributed by atoms with Gasteiger partial charge in [0.25, 0.3) is 5.88 Å². The Morgan fingerprint density at radius 2 is 1.79 bits per heavy atom. The summed E-state index contributed by atoms with van der Waals surface area (Å²) in [6, 6.07) is 4.62. The van der Waals surface area contributed by atoms with Crippen molar-refractivity contribution < 1.29 is 17.9 Å². The van der Waals surface area contributed by atoms with Gasteiger partial charge in [-0.25, -0.2) is 9.97 Å². The highest BCUT2D eigenvalue weighted by Gasteiger charge is 2.30. The molecule has 100 valence electrons. The van der Waals surface area contributed by atoms with Gasteiger partial charge in [0, 0.05) is 5.56 Å². The first-order valence-electron chi connectivity index (χ1n) is 5.26. The SMILES string of the molecule is COc1nc(-c2ccc(C(F)(F)F)cc2)cnc1N. The van der Waals surface area contributed by atoms with Crippen molar-refractivity contribution in [3.05, 3.63) is 36.0 Å². The summed E-state index contributed by atoms with van der Waals surface area (Å²) in [6.45, 7) is 0. The number of nitrogens with zero attached hydrogens (tertiary/aromatic N) is 2. The molecule has 0 saturated carbocycles. The van der Waals surface area contributed by atoms with E-state index in [0.717, 1.165) is 12.1 Å². The molecule has 0 atom stereocenters. The Morgan fingerprint density at radius 1 is 1.16 bits per heavy atom. The lowest BCUT2D eigenvalue weighted by Crippen LogP contribution is -2.04. The molecule has 0 aliphatic carbocycles. The molecular formula is C12H10F3N3O. The molecule has 0 fully saturated rings. The van der Waals surface area contributed by atoms with Crippen LogP contribution < -0.4 is 10.5 Å². The predicted octanol–water partition coefficient (Wildman–Crippen LogP) is 2.75. The Kier molecular flexibility index (Phi) is 3.28. The van der Waals surface area contributed by atoms with Crippen LogP contribution in [0.25, 0.3) is 11.3 Å². The maximum absolute atomic E-state index is 12.4. The van der Waals surface area contributed by atoms with E-state index in [9.17, 15) is 13.2 Å². The molecule has 2 aromatic rings. The van der Waals surface area contributed by atoms with Gasteiger partial charge in [0.05, 0.1) is 24.6 Å². The van der Waals surface area contributed by atoms with Gasteiger partial charge < -0.3 is 10.5 Å². The van der Waals surface area contributed by atoms with E-state index in [1.807, 2.05) is 0 Å². The molecule has 19 heavy (non-hydrogen) atoms. The zero-order chi connectivity index (χ0) is 14.0. The van der Waals surface area contributed by atoms with E-state index in [-0.39, 0.29) is 11.7 Å². The first kappa shape index (κ1) is 13.1. The van der Waals surface area contributed by atoms with E-state index < -0.39 is 11.7 Å². The molecule has 0 radical (unpaired) electrons. The smallest absolute Gasteiger partial charge is 0.416 e. The lowest BCUT2D eigenvalue weighted by molar-refractivity contribution is -0.137. The summed E-state index contributed by atoms with van der Waals surface area (Å²) in [7, 11) is 1.39. The molecule has 0 saturated heterocycles. The fraction of sp³-hybridized carbons (Fsp3) is 0.167. The molecule has 7 heteroatoms. The number of ether oxygens (including phenoxy) is 1. The van der Waals surface area contributed by atoms with Crippen molar-refractivity contribution in [1.29, 1.82) is 0 Å². The number of rotatable bonds is 2. The Balaban J connectivity index is 2.37. The van der Waals surface area contributed by atoms with Crippen molar-refractivity contribution in [1.82, 2.24) is 9.97 Å². The third-order valence-electron chi connectivity index (χ3n) is 2.47. The first-order valence-corrected chi connectivity index (χ1v) is 5.26. The predicted molar refractivity (Wildman–Crippen MR) is 63.4 cm³/mol. The van der Waals surface area contributed by atoms with E-state index >= 15 is 0 Å². The van der Waals surface area contributed by atoms with Gasteiger partial charge in [0.1, 0.15) is 0 Å². The molecule has 2 rings (SSSR count). The molecule has 0 amide bonds. The lowest BCUT2D eigenvalue weighted by atomic mass is 10.1. The second-order valence-corrected chi connectivity index (χ2v) is 3.72. The Morgan fingerprint density at radius 3 is 2.32 bits per heavy atom. The minimum Gasteiger partial charge on any atom is -0.478 e. The minimum absolute atomic E-state index is 0.123. The molecule has 1 heterocycles. The number of halogens is 3. The molecule has 0 unspecified atom stereocenters. The number of benzene rings is 1. The monoisotopic (exact) mass is 269 g/mol. The maximum Gasteiger partial charge on any atom is 0.416 e. The fourth-order valence-corrected chi connectivity index (χ4v) is 1.50. The summed E-state index contributed by atoms with van der Waals surface area (Å²) < 4.78 is 42.2. The third-order valence-corrected chi connectivity index (χ3v) is 2.47. The molecule has 0 bridgehead atoms. The van der Waals surface area contributed by atoms with E-state index in [2.05, 4.69) is 9.97 Å². The average molecular weight is 269 g/mol. The van der Waals surface area contributed by atoms with E-state index in [1.54, 1.807) is 0 Å². The number of alkyl halides is 3. The highest BCUT2D eigenvalue weighted by atomic mass is 19.4. The number of anilines is 1. The number of nitrogen functional groups attached to an aromatic ring is 1. The first-order chi connectivity index (χ1) is 8.91. The normalized spacial score (nSPS) is 11.4. The summed E-state index contributed by atoms with van der Waals surface area (Å²) in [5.41, 5.74) is 5.68. The van der Waals surface area contributed by atoms with Crippen LogP contribution in [-0.4, -0.2) is 17.1 Å². The van der Waals surface area contributed by atoms with Crippen LogP contribution in [0.15, 0.2) is 30.5 Å². The summed E-state index contributed by atoms with van der Waals surface area (Å²) in [5, 5.41) is 0. The fourth-order valence-electron chi connectivity index (χ4n) is 1.50. The Hall–Kier alpha value is -2.31. The minimum atomic E-state index is -4.36. The van der Waals surface area contributed by atoms with Crippen LogP contribution in [0, 0.1) is 0 Å². The molecule has 0 aliphatic heterocycles. The summed E-state index contributed by atoms with van der Waals surface area (Å²) in [4.78, 5) is 7.93. The quantitative estimate of drug-likeness (QED) is 0.910. The number of nitrogens with two attached hydrogens (primary N) is 1. The highest BCUT2D eigenvalue weighted by molar-refractivity contribution is 5.61. The van der Waals surface area contributed by atoms with Crippen molar-refractivity contribution in [3.63, 3.8) is 0 Å². The van der Waals surface area contributed by atoms with E-state index in [0.29, 0.717) is 11.3 Å². The van der Waals surface area contributed by atoms with Gasteiger partial charge in [0.15, 0.2) is 5.82 Å². The molecule has 1 aromatic carbocycles. The van der Waals surface area contributed by atoms with Crippen LogP contribution in [0.3, 0.4) is 0 Å². The average Bonchev–Trinajstić information content (AvgIpc) is 2.38. The van der Waals surface area contributed by atoms with Crippen molar-refractivity contribution in [2.24, 2.45) is 0 Å². The van der Waals surface area contributed by atoms with Crippen molar-refractivity contribution in [2.75, 3.05) is 12.8 Å². The van der Waals surface area contributed by atoms with Crippen LogP contribution >= 0.6 is 0 Å². The highest BCUT2D eigenvalue weighted by Crippen LogP contribution is 2.31. The Labute approximate surface area is 107 Å². The molecular weight excluding hydrogens is 259 g/mol. The molecule has 2 N–H and O–H groups in total. The summed E-state index contributed by atoms with van der Waals surface area (Å²) >= 11 is 0. The van der Waals surface area contributed by atoms with Crippen LogP contribution in [0.2, 0.25) is 0 Å². The largest absolute Gasteiger partial charge is 0.478 e. The van der Waals surface area contributed by atoms with Crippen LogP contribution in [0.4, 0.5) is 19.0 Å². The number of hydrogen-bond acceptors (Lipinski definition) is 4. The second kappa shape index (κ2) is 4.75. The van der Waals surface area contributed by atoms with Gasteiger partial charge in [-0.3, -0.25) is 0 Å². The van der Waals surface area contributed by atoms with Crippen LogP contribution in [-0.2, 0) is 6.18 Å². The maximum atomic E-state index is 12.4. The summed E-state index contributed by atoms with van der Waals surface area (Å²) in [5.74, 6) is 0.260. The topological polar surface area (TPSA) is 61.0 Å². The van der Waals surface area contributed by atoms with Gasteiger partial charge in [-0.1, -0.05) is 12.1 Å². The Bertz CT molecular complexity index is 582. The van der Waals surface area contributed by atoms with Gasteiger partial charge in [-0.05, 0) is 12.1 Å². The zero-order valence-corrected chi connectivity index (χ0v) is 9.90. The van der Waals surface area contributed by atoms with Gasteiger partial charge >= 0.3 is 6.18 Å². The molecule has 1 aromatic heterocycles. The van der Waals surface area contributed by atoms with E-state index in [4.69, 9.17) is 10.5 Å². The lowest BCUT2D eigenvalue weighted by Gasteiger charge is -2.08. The van der Waals surface area contributed by atoms with Gasteiger partial charge in [-0.15, -0.1) is 0 Å². The molecule has 4 nitrogen and oxygen atoms in total.